The molecule has 4 aromatic rings. The van der Waals surface area contributed by atoms with Crippen molar-refractivity contribution < 1.29 is 44.8 Å². The summed E-state index contributed by atoms with van der Waals surface area (Å²) in [6, 6.07) is 41.1. The molecular weight excluding hydrogens is 896 g/mol. The summed E-state index contributed by atoms with van der Waals surface area (Å²) in [5.74, 6) is 0. The minimum Gasteiger partial charge on any atom is -0.358 e. The zero-order valence-electron chi connectivity index (χ0n) is 20.3. The van der Waals surface area contributed by atoms with E-state index in [0.717, 1.165) is 0 Å². The molecule has 5 heteroatoms. The Bertz CT molecular complexity index is 995. The molecule has 0 nitrogen and oxygen atoms in total. The second kappa shape index (κ2) is 15.8. The van der Waals surface area contributed by atoms with E-state index in [1.165, 1.54) is 21.2 Å². The van der Waals surface area contributed by atoms with Crippen LogP contribution in [-0.4, -0.2) is 0 Å². The standard InChI is InChI=1S/C14H14BrP.C14H14P.2CH3.2Au/c1-16(2,15,13-9-5-3-6-10-13)14-11-7-4-8-12-14;1-15(2,13-9-5-3-6-10-13)14-11-7-4-8-12-14;;;;/h3-12H,1-2H2;3-12H,1-2H2;2*1H3;;/q-2;3*-1;;+3. The van der Waals surface area contributed by atoms with Crippen LogP contribution in [0.5, 0.6) is 0 Å². The van der Waals surface area contributed by atoms with Gasteiger partial charge in [0.05, 0.1) is 0 Å². The van der Waals surface area contributed by atoms with Crippen LogP contribution >= 0.6 is 28.1 Å². The average molecular weight is 930 g/mol. The molecule has 4 rings (SSSR count). The van der Waals surface area contributed by atoms with E-state index in [4.69, 9.17) is 0 Å². The molecule has 0 atom stereocenters. The first-order valence-electron chi connectivity index (χ1n) is 9.97. The van der Waals surface area contributed by atoms with E-state index < -0.39 is 12.6 Å². The van der Waals surface area contributed by atoms with E-state index in [1.807, 2.05) is 72.8 Å². The number of halogens is 1. The van der Waals surface area contributed by atoms with Crippen molar-refractivity contribution in [2.75, 3.05) is 0 Å². The molecule has 35 heavy (non-hydrogen) atoms. The van der Waals surface area contributed by atoms with Crippen LogP contribution in [-0.2, 0) is 44.8 Å². The molecule has 195 valence electrons. The van der Waals surface area contributed by atoms with Gasteiger partial charge < -0.3 is 14.9 Å². The van der Waals surface area contributed by atoms with Crippen LogP contribution in [0, 0.1) is 41.5 Å². The first-order chi connectivity index (χ1) is 14.7. The van der Waals surface area contributed by atoms with Crippen molar-refractivity contribution in [2.24, 2.45) is 0 Å². The SMILES string of the molecule is [Au+3].[Au].[CH2-]P([CH2-])(Br)(c1ccccc1)c1ccccc1.[CH2-][P+]([CH2-])(c1ccccc1)c1ccccc1.[CH3-].[CH3-]. The van der Waals surface area contributed by atoms with Gasteiger partial charge in [0, 0.05) is 33.0 Å². The van der Waals surface area contributed by atoms with Gasteiger partial charge in [0.25, 0.3) is 0 Å². The fourth-order valence-electron chi connectivity index (χ4n) is 3.26. The summed E-state index contributed by atoms with van der Waals surface area (Å²) in [4.78, 5) is 0. The Labute approximate surface area is 254 Å². The van der Waals surface area contributed by atoms with Gasteiger partial charge in [-0.1, -0.05) is 36.4 Å². The van der Waals surface area contributed by atoms with Gasteiger partial charge in [0.1, 0.15) is 0 Å². The Morgan fingerprint density at radius 1 is 0.514 bits per heavy atom. The van der Waals surface area contributed by atoms with Gasteiger partial charge in [-0.2, -0.15) is 20.6 Å². The third-order valence-corrected chi connectivity index (χ3v) is 13.2. The van der Waals surface area contributed by atoms with Crippen molar-refractivity contribution in [1.82, 2.24) is 0 Å². The van der Waals surface area contributed by atoms with E-state index >= 15 is 0 Å². The van der Waals surface area contributed by atoms with Gasteiger partial charge >= 0.3 is 128 Å². The monoisotopic (exact) mass is 929 g/mol. The number of hydrogen-bond donors (Lipinski definition) is 0. The van der Waals surface area contributed by atoms with Gasteiger partial charge in [-0.05, 0) is 24.3 Å². The summed E-state index contributed by atoms with van der Waals surface area (Å²) in [5, 5.41) is 2.21. The molecular formula is C30H34Au2BrP2-2. The molecule has 1 radical (unpaired) electrons. The second-order valence-electron chi connectivity index (χ2n) is 7.69. The van der Waals surface area contributed by atoms with Crippen LogP contribution in [0.1, 0.15) is 0 Å². The number of rotatable bonds is 4. The molecule has 0 fully saturated rings. The fourth-order valence-corrected chi connectivity index (χ4v) is 8.48. The maximum absolute atomic E-state index is 4.38. The zero-order chi connectivity index (χ0) is 22.4. The molecule has 0 saturated carbocycles. The van der Waals surface area contributed by atoms with Crippen molar-refractivity contribution in [3.05, 3.63) is 163 Å². The Morgan fingerprint density at radius 2 is 0.743 bits per heavy atom. The van der Waals surface area contributed by atoms with Crippen LogP contribution in [0.4, 0.5) is 0 Å². The minimum absolute atomic E-state index is 0. The molecule has 0 bridgehead atoms. The summed E-state index contributed by atoms with van der Waals surface area (Å²) in [6.45, 7) is 17.4. The first kappa shape index (κ1) is 36.9. The third-order valence-electron chi connectivity index (χ3n) is 5.20. The van der Waals surface area contributed by atoms with E-state index in [2.05, 4.69) is 90.7 Å². The molecule has 0 aromatic heterocycles. The molecule has 0 saturated heterocycles. The van der Waals surface area contributed by atoms with Gasteiger partial charge in [-0.25, -0.2) is 0 Å². The van der Waals surface area contributed by atoms with Gasteiger partial charge in [0.15, 0.2) is 0 Å². The maximum Gasteiger partial charge on any atom is 0.0408 e. The predicted octanol–water partition coefficient (Wildman–Crippen LogP) is 8.22. The van der Waals surface area contributed by atoms with Crippen LogP contribution in [0.15, 0.2) is 121 Å². The third kappa shape index (κ3) is 9.50. The smallest absolute Gasteiger partial charge is 0.0408 e. The second-order valence-corrected chi connectivity index (χ2v) is 19.6. The van der Waals surface area contributed by atoms with E-state index in [1.54, 1.807) is 0 Å². The fraction of sp³-hybridized carbons (Fsp3) is 0. The van der Waals surface area contributed by atoms with Crippen molar-refractivity contribution in [2.45, 2.75) is 0 Å². The van der Waals surface area contributed by atoms with Gasteiger partial charge in [0.2, 0.25) is 0 Å². The average Bonchev–Trinajstić information content (AvgIpc) is 2.82. The Kier molecular flexibility index (Phi) is 16.7. The predicted molar refractivity (Wildman–Crippen MR) is 161 cm³/mol. The molecule has 0 spiro atoms. The molecule has 0 amide bonds. The Hall–Kier alpha value is -0.299. The van der Waals surface area contributed by atoms with Crippen LogP contribution in [0.3, 0.4) is 0 Å². The zero-order valence-corrected chi connectivity index (χ0v) is 28.0. The quantitative estimate of drug-likeness (QED) is 0.110. The molecule has 0 heterocycles. The summed E-state index contributed by atoms with van der Waals surface area (Å²) < 4.78 is 0. The van der Waals surface area contributed by atoms with Gasteiger partial charge in [-0.3, -0.25) is 0 Å². The summed E-state index contributed by atoms with van der Waals surface area (Å²) in [7, 11) is -1.65. The Morgan fingerprint density at radius 3 is 1.00 bits per heavy atom. The van der Waals surface area contributed by atoms with Crippen molar-refractivity contribution in [3.63, 3.8) is 0 Å². The minimum atomic E-state index is -2.62. The van der Waals surface area contributed by atoms with Crippen molar-refractivity contribution in [3.8, 4) is 0 Å². The molecule has 0 unspecified atom stereocenters. The van der Waals surface area contributed by atoms with Crippen LogP contribution in [0.25, 0.3) is 0 Å². The van der Waals surface area contributed by atoms with Crippen molar-refractivity contribution in [1.29, 1.82) is 0 Å². The molecule has 0 N–H and O–H groups in total. The molecule has 0 aliphatic rings. The van der Waals surface area contributed by atoms with E-state index in [9.17, 15) is 0 Å². The van der Waals surface area contributed by atoms with Crippen LogP contribution < -0.4 is 21.2 Å². The summed E-state index contributed by atoms with van der Waals surface area (Å²) >= 11 is 3.81. The summed E-state index contributed by atoms with van der Waals surface area (Å²) in [5.41, 5.74) is 0. The first-order valence-corrected chi connectivity index (χ1v) is 16.8. The summed E-state index contributed by atoms with van der Waals surface area (Å²) in [6.07, 6.45) is 0. The maximum atomic E-state index is 4.38. The number of benzene rings is 4. The molecule has 0 aliphatic carbocycles. The van der Waals surface area contributed by atoms with E-state index in [0.29, 0.717) is 0 Å². The normalized spacial score (nSPS) is 11.3. The van der Waals surface area contributed by atoms with Crippen molar-refractivity contribution >= 4 is 49.3 Å². The van der Waals surface area contributed by atoms with Crippen LogP contribution in [0.2, 0.25) is 0 Å². The molecule has 4 aromatic carbocycles. The van der Waals surface area contributed by atoms with Gasteiger partial charge in [-0.15, -0.1) is 0 Å². The molecule has 0 aliphatic heterocycles. The van der Waals surface area contributed by atoms with E-state index in [-0.39, 0.29) is 59.6 Å². The largest absolute Gasteiger partial charge is 0.358 e. The number of hydrogen-bond acceptors (Lipinski definition) is 0. The topological polar surface area (TPSA) is 0 Å². The Balaban J connectivity index is 0.